The summed E-state index contributed by atoms with van der Waals surface area (Å²) in [4.78, 5) is 79.9. The monoisotopic (exact) mass is 888 g/mol. The van der Waals surface area contributed by atoms with Crippen molar-refractivity contribution in [2.24, 2.45) is 0 Å². The van der Waals surface area contributed by atoms with Crippen LogP contribution in [0.5, 0.6) is 5.75 Å². The molecular formula is C41H60N8O12S. The molecule has 2 aromatic rings. The highest BCUT2D eigenvalue weighted by atomic mass is 32.2. The highest BCUT2D eigenvalue weighted by Gasteiger charge is 2.32. The molecule has 8 N–H and O–H groups in total. The molecule has 342 valence electrons. The average Bonchev–Trinajstić information content (AvgIpc) is 3.17. The van der Waals surface area contributed by atoms with Crippen molar-refractivity contribution in [1.29, 1.82) is 5.41 Å². The standard InChI is InChI=1S/C41H60N8O12S/c1-24-18-31(58-9)25(2)26(3)35(24)62(56,57)49-39(42)43-17-13-16-28-36(53)44-21-32(50)47-30(20-34(52)61-40(4,5)6)38(55)48-29(19-27-14-11-10-12-15-27)37(54)45-23-60-41(7,8)59-22-33(51)46-28/h10-12,14-15,18,28-30H,13,16-17,19-23H2,1-9H3,(H,44,53)(H,45,54)(H,46,51)(H,47,50)(H,48,55)(H3,42,43,49)/t28-,29+,30-/m0/s1. The molecule has 21 heteroatoms. The number of nitrogens with one attached hydrogen (secondary N) is 8. The molecule has 1 heterocycles. The largest absolute Gasteiger partial charge is 0.496 e. The van der Waals surface area contributed by atoms with Crippen LogP contribution < -0.4 is 41.4 Å². The van der Waals surface area contributed by atoms with Gasteiger partial charge in [-0.3, -0.25) is 34.2 Å². The number of carbonyl (C=O) groups excluding carboxylic acids is 6. The van der Waals surface area contributed by atoms with Gasteiger partial charge in [-0.2, -0.15) is 0 Å². The van der Waals surface area contributed by atoms with E-state index in [1.807, 2.05) is 0 Å². The Morgan fingerprint density at radius 2 is 1.53 bits per heavy atom. The van der Waals surface area contributed by atoms with E-state index in [4.69, 9.17) is 24.4 Å². The van der Waals surface area contributed by atoms with Gasteiger partial charge in [0.1, 0.15) is 42.8 Å². The van der Waals surface area contributed by atoms with Crippen molar-refractivity contribution in [3.05, 3.63) is 58.7 Å². The lowest BCUT2D eigenvalue weighted by molar-refractivity contribution is -0.216. The number of esters is 1. The fourth-order valence-corrected chi connectivity index (χ4v) is 7.69. The zero-order valence-corrected chi connectivity index (χ0v) is 37.5. The molecule has 1 aliphatic heterocycles. The van der Waals surface area contributed by atoms with Gasteiger partial charge in [-0.15, -0.1) is 0 Å². The van der Waals surface area contributed by atoms with E-state index in [2.05, 4.69) is 36.6 Å². The molecule has 0 aliphatic carbocycles. The van der Waals surface area contributed by atoms with Crippen LogP contribution in [0.25, 0.3) is 0 Å². The number of amides is 5. The number of hydrogen-bond acceptors (Lipinski definition) is 13. The average molecular weight is 889 g/mol. The van der Waals surface area contributed by atoms with Crippen LogP contribution in [-0.2, 0) is 59.4 Å². The summed E-state index contributed by atoms with van der Waals surface area (Å²) in [6.07, 6.45) is -0.530. The minimum Gasteiger partial charge on any atom is -0.496 e. The van der Waals surface area contributed by atoms with Gasteiger partial charge < -0.3 is 50.8 Å². The van der Waals surface area contributed by atoms with Crippen LogP contribution >= 0.6 is 0 Å². The molecule has 0 spiro atoms. The van der Waals surface area contributed by atoms with Crippen molar-refractivity contribution in [2.45, 2.75) is 115 Å². The SMILES string of the molecule is COc1cc(C)c(S(=O)(=O)NC(=N)NCCC[C@@H]2NC(=O)COC(C)(C)OCNC(=O)[C@@H](Cc3ccccc3)NC(=O)[C@H](CC(=O)OC(C)(C)C)NC(=O)CNC2=O)c(C)c1C. The number of hydrogen-bond donors (Lipinski definition) is 8. The summed E-state index contributed by atoms with van der Waals surface area (Å²) in [6, 6.07) is 6.39. The van der Waals surface area contributed by atoms with Crippen LogP contribution in [0.1, 0.15) is 76.1 Å². The molecule has 0 bridgehead atoms. The Morgan fingerprint density at radius 3 is 2.18 bits per heavy atom. The summed E-state index contributed by atoms with van der Waals surface area (Å²) in [5, 5.41) is 23.5. The third-order valence-corrected chi connectivity index (χ3v) is 11.0. The van der Waals surface area contributed by atoms with Crippen molar-refractivity contribution >= 4 is 51.5 Å². The van der Waals surface area contributed by atoms with Crippen molar-refractivity contribution in [3.63, 3.8) is 0 Å². The Kier molecular flexibility index (Phi) is 18.2. The van der Waals surface area contributed by atoms with E-state index in [1.165, 1.54) is 21.0 Å². The summed E-state index contributed by atoms with van der Waals surface area (Å²) >= 11 is 0. The van der Waals surface area contributed by atoms with Crippen molar-refractivity contribution < 1.29 is 56.1 Å². The molecule has 5 amide bonds. The molecule has 0 radical (unpaired) electrons. The zero-order valence-electron chi connectivity index (χ0n) is 36.7. The maximum Gasteiger partial charge on any atom is 0.308 e. The summed E-state index contributed by atoms with van der Waals surface area (Å²) < 4.78 is 50.8. The number of sulfonamides is 1. The number of rotatable bonds is 11. The van der Waals surface area contributed by atoms with Crippen LogP contribution in [-0.4, -0.2) is 113 Å². The summed E-state index contributed by atoms with van der Waals surface area (Å²) in [6.45, 7) is 11.1. The second-order valence-corrected chi connectivity index (χ2v) is 17.7. The van der Waals surface area contributed by atoms with E-state index in [0.29, 0.717) is 28.0 Å². The first kappa shape index (κ1) is 50.6. The molecule has 0 saturated carbocycles. The molecule has 62 heavy (non-hydrogen) atoms. The quantitative estimate of drug-likeness (QED) is 0.0666. The fourth-order valence-electron chi connectivity index (χ4n) is 6.20. The lowest BCUT2D eigenvalue weighted by atomic mass is 10.0. The summed E-state index contributed by atoms with van der Waals surface area (Å²) in [5.74, 6) is -6.24. The second-order valence-electron chi connectivity index (χ2n) is 16.0. The Morgan fingerprint density at radius 1 is 0.887 bits per heavy atom. The highest BCUT2D eigenvalue weighted by Crippen LogP contribution is 2.30. The van der Waals surface area contributed by atoms with E-state index in [-0.39, 0.29) is 30.7 Å². The minimum absolute atomic E-state index is 0.00291. The van der Waals surface area contributed by atoms with Gasteiger partial charge in [0, 0.05) is 13.0 Å². The third kappa shape index (κ3) is 16.2. The molecule has 20 nitrogen and oxygen atoms in total. The summed E-state index contributed by atoms with van der Waals surface area (Å²) in [5.41, 5.74) is 1.27. The topological polar surface area (TPSA) is 282 Å². The van der Waals surface area contributed by atoms with E-state index in [1.54, 1.807) is 77.9 Å². The van der Waals surface area contributed by atoms with Crippen LogP contribution in [0.4, 0.5) is 0 Å². The first-order valence-corrected chi connectivity index (χ1v) is 21.4. The van der Waals surface area contributed by atoms with Gasteiger partial charge in [-0.1, -0.05) is 30.3 Å². The number of carbonyl (C=O) groups is 6. The number of aryl methyl sites for hydroxylation is 1. The first-order valence-electron chi connectivity index (χ1n) is 19.9. The second kappa shape index (κ2) is 22.3. The van der Waals surface area contributed by atoms with E-state index in [0.717, 1.165) is 0 Å². The fraction of sp³-hybridized carbons (Fsp3) is 0.537. The van der Waals surface area contributed by atoms with Crippen LogP contribution in [0.15, 0.2) is 41.3 Å². The molecule has 2 aromatic carbocycles. The van der Waals surface area contributed by atoms with Crippen LogP contribution in [0, 0.1) is 26.2 Å². The van der Waals surface area contributed by atoms with Crippen molar-refractivity contribution in [1.82, 2.24) is 36.6 Å². The maximum absolute atomic E-state index is 13.7. The van der Waals surface area contributed by atoms with Gasteiger partial charge in [-0.25, -0.2) is 13.1 Å². The number of methoxy groups -OCH3 is 1. The molecule has 1 fully saturated rings. The third-order valence-electron chi connectivity index (χ3n) is 9.32. The van der Waals surface area contributed by atoms with Gasteiger partial charge in [-0.05, 0) is 96.6 Å². The summed E-state index contributed by atoms with van der Waals surface area (Å²) in [7, 11) is -2.70. The normalized spacial score (nSPS) is 19.8. The Hall–Kier alpha value is -5.80. The Balaban J connectivity index is 1.78. The molecule has 0 unspecified atom stereocenters. The Labute approximate surface area is 362 Å². The number of ether oxygens (including phenoxy) is 4. The molecular weight excluding hydrogens is 829 g/mol. The minimum atomic E-state index is -4.18. The van der Waals surface area contributed by atoms with Crippen LogP contribution in [0.2, 0.25) is 0 Å². The van der Waals surface area contributed by atoms with E-state index in [9.17, 15) is 37.2 Å². The number of guanidine groups is 1. The molecule has 0 aromatic heterocycles. The van der Waals surface area contributed by atoms with Gasteiger partial charge in [0.2, 0.25) is 35.5 Å². The first-order chi connectivity index (χ1) is 28.9. The number of benzene rings is 2. The smallest absolute Gasteiger partial charge is 0.308 e. The Bertz CT molecular complexity index is 2070. The van der Waals surface area contributed by atoms with Crippen molar-refractivity contribution in [2.75, 3.05) is 33.5 Å². The lowest BCUT2D eigenvalue weighted by Crippen LogP contribution is -2.56. The molecule has 3 rings (SSSR count). The maximum atomic E-state index is 13.7. The molecule has 1 aliphatic rings. The molecule has 3 atom stereocenters. The van der Waals surface area contributed by atoms with E-state index >= 15 is 0 Å². The lowest BCUT2D eigenvalue weighted by Gasteiger charge is -2.27. The van der Waals surface area contributed by atoms with Crippen LogP contribution in [0.3, 0.4) is 0 Å². The van der Waals surface area contributed by atoms with Gasteiger partial charge >= 0.3 is 5.97 Å². The zero-order chi connectivity index (χ0) is 46.4. The van der Waals surface area contributed by atoms with Gasteiger partial charge in [0.15, 0.2) is 5.79 Å². The predicted molar refractivity (Wildman–Crippen MR) is 226 cm³/mol. The molecule has 1 saturated heterocycles. The highest BCUT2D eigenvalue weighted by molar-refractivity contribution is 7.90. The predicted octanol–water partition coefficient (Wildman–Crippen LogP) is 0.605. The van der Waals surface area contributed by atoms with E-state index < -0.39 is 107 Å². The van der Waals surface area contributed by atoms with Gasteiger partial charge in [0.25, 0.3) is 10.0 Å². The van der Waals surface area contributed by atoms with Crippen molar-refractivity contribution in [3.8, 4) is 5.75 Å². The van der Waals surface area contributed by atoms with Gasteiger partial charge in [0.05, 0.1) is 25.0 Å².